The molecule has 1 N–H and O–H groups in total. The summed E-state index contributed by atoms with van der Waals surface area (Å²) in [6, 6.07) is -0.432. The Labute approximate surface area is 100 Å². The van der Waals surface area contributed by atoms with E-state index in [0.29, 0.717) is 32.3 Å². The van der Waals surface area contributed by atoms with Crippen molar-refractivity contribution in [3.63, 3.8) is 0 Å². The Balaban J connectivity index is 1.96. The van der Waals surface area contributed by atoms with Crippen LogP contribution < -0.4 is 5.32 Å². The van der Waals surface area contributed by atoms with Crippen LogP contribution in [-0.2, 0) is 15.7 Å². The number of alkyl halides is 3. The molecule has 0 unspecified atom stereocenters. The minimum Gasteiger partial charge on any atom is -0.431 e. The molecule has 0 saturated carbocycles. The van der Waals surface area contributed by atoms with Gasteiger partial charge in [-0.25, -0.2) is 0 Å². The molecule has 8 heteroatoms. The van der Waals surface area contributed by atoms with Crippen LogP contribution in [0, 0.1) is 5.92 Å². The summed E-state index contributed by atoms with van der Waals surface area (Å²) in [6.45, 7) is 0.939. The van der Waals surface area contributed by atoms with Crippen LogP contribution in [0.1, 0.15) is 18.5 Å². The fourth-order valence-electron chi connectivity index (χ4n) is 1.63. The number of anilines is 1. The van der Waals surface area contributed by atoms with Crippen molar-refractivity contribution in [2.45, 2.75) is 19.0 Å². The zero-order chi connectivity index (χ0) is 13.2. The van der Waals surface area contributed by atoms with Gasteiger partial charge in [0.2, 0.25) is 5.91 Å². The van der Waals surface area contributed by atoms with Crippen molar-refractivity contribution < 1.29 is 27.1 Å². The Hall–Kier alpha value is -1.57. The summed E-state index contributed by atoms with van der Waals surface area (Å²) in [5, 5.41) is 2.23. The highest BCUT2D eigenvalue weighted by atomic mass is 19.4. The van der Waals surface area contributed by atoms with Crippen molar-refractivity contribution in [3.8, 4) is 0 Å². The zero-order valence-corrected chi connectivity index (χ0v) is 9.29. The first-order valence-corrected chi connectivity index (χ1v) is 5.38. The van der Waals surface area contributed by atoms with Gasteiger partial charge in [-0.15, -0.1) is 0 Å². The van der Waals surface area contributed by atoms with E-state index >= 15 is 0 Å². The Morgan fingerprint density at radius 1 is 1.39 bits per heavy atom. The molecule has 1 saturated heterocycles. The standard InChI is InChI=1S/C10H11F3N2O3/c11-10(12,13)7-5-18-9(14-7)15-8(16)6-1-3-17-4-2-6/h5-6H,1-4H2,(H,14,15,16). The van der Waals surface area contributed by atoms with Crippen LogP contribution >= 0.6 is 0 Å². The van der Waals surface area contributed by atoms with Crippen LogP contribution in [0.4, 0.5) is 19.2 Å². The summed E-state index contributed by atoms with van der Waals surface area (Å²) >= 11 is 0. The van der Waals surface area contributed by atoms with Crippen molar-refractivity contribution in [1.82, 2.24) is 4.98 Å². The van der Waals surface area contributed by atoms with Gasteiger partial charge in [0, 0.05) is 19.1 Å². The summed E-state index contributed by atoms with van der Waals surface area (Å²) in [5.74, 6) is -0.672. The normalized spacial score (nSPS) is 17.7. The number of oxazole rings is 1. The van der Waals surface area contributed by atoms with E-state index in [9.17, 15) is 18.0 Å². The number of ether oxygens (including phenoxy) is 1. The molecule has 0 aliphatic carbocycles. The molecule has 0 bridgehead atoms. The molecule has 5 nitrogen and oxygen atoms in total. The first-order chi connectivity index (χ1) is 8.47. The van der Waals surface area contributed by atoms with Crippen molar-refractivity contribution >= 4 is 11.9 Å². The average Bonchev–Trinajstić information content (AvgIpc) is 2.78. The van der Waals surface area contributed by atoms with Crippen molar-refractivity contribution in [2.24, 2.45) is 5.92 Å². The molecule has 2 heterocycles. The van der Waals surface area contributed by atoms with Gasteiger partial charge in [-0.2, -0.15) is 18.2 Å². The van der Waals surface area contributed by atoms with Gasteiger partial charge >= 0.3 is 12.2 Å². The number of hydrogen-bond acceptors (Lipinski definition) is 4. The van der Waals surface area contributed by atoms with Crippen molar-refractivity contribution in [2.75, 3.05) is 18.5 Å². The lowest BCUT2D eigenvalue weighted by molar-refractivity contribution is -0.141. The van der Waals surface area contributed by atoms with Crippen LogP contribution in [0.2, 0.25) is 0 Å². The maximum atomic E-state index is 12.2. The van der Waals surface area contributed by atoms with E-state index in [1.54, 1.807) is 0 Å². The summed E-state index contributed by atoms with van der Waals surface area (Å²) in [5.41, 5.74) is -1.16. The van der Waals surface area contributed by atoms with Crippen molar-refractivity contribution in [1.29, 1.82) is 0 Å². The Morgan fingerprint density at radius 2 is 2.06 bits per heavy atom. The second-order valence-electron chi connectivity index (χ2n) is 3.91. The summed E-state index contributed by atoms with van der Waals surface area (Å²) in [7, 11) is 0. The van der Waals surface area contributed by atoms with Gasteiger partial charge in [-0.3, -0.25) is 10.1 Å². The van der Waals surface area contributed by atoms with E-state index in [-0.39, 0.29) is 5.92 Å². The predicted octanol–water partition coefficient (Wildman–Crippen LogP) is 2.06. The van der Waals surface area contributed by atoms with Gasteiger partial charge in [0.1, 0.15) is 6.26 Å². The smallest absolute Gasteiger partial charge is 0.431 e. The number of amides is 1. The molecule has 1 aliphatic rings. The molecular weight excluding hydrogens is 253 g/mol. The molecule has 18 heavy (non-hydrogen) atoms. The Morgan fingerprint density at radius 3 is 2.61 bits per heavy atom. The minimum absolute atomic E-state index is 0.278. The predicted molar refractivity (Wildman–Crippen MR) is 53.7 cm³/mol. The highest BCUT2D eigenvalue weighted by molar-refractivity contribution is 5.90. The summed E-state index contributed by atoms with van der Waals surface area (Å²) in [6.07, 6.45) is -3.03. The van der Waals surface area contributed by atoms with Gasteiger partial charge in [0.15, 0.2) is 5.69 Å². The topological polar surface area (TPSA) is 64.4 Å². The van der Waals surface area contributed by atoms with Gasteiger partial charge in [0.05, 0.1) is 0 Å². The third kappa shape index (κ3) is 3.00. The molecule has 1 fully saturated rings. The second-order valence-corrected chi connectivity index (χ2v) is 3.91. The largest absolute Gasteiger partial charge is 0.436 e. The van der Waals surface area contributed by atoms with Crippen LogP contribution in [0.25, 0.3) is 0 Å². The van der Waals surface area contributed by atoms with Gasteiger partial charge < -0.3 is 9.15 Å². The molecule has 2 rings (SSSR count). The first kappa shape index (κ1) is 12.9. The molecule has 100 valence electrons. The molecule has 0 aromatic carbocycles. The first-order valence-electron chi connectivity index (χ1n) is 5.38. The van der Waals surface area contributed by atoms with E-state index < -0.39 is 23.8 Å². The number of nitrogens with zero attached hydrogens (tertiary/aromatic N) is 1. The molecule has 1 amide bonds. The molecule has 1 aliphatic heterocycles. The van der Waals surface area contributed by atoms with Crippen LogP contribution in [0.15, 0.2) is 10.7 Å². The van der Waals surface area contributed by atoms with E-state index in [2.05, 4.69) is 14.7 Å². The van der Waals surface area contributed by atoms with Crippen LogP contribution in [-0.4, -0.2) is 24.1 Å². The Bertz CT molecular complexity index is 424. The van der Waals surface area contributed by atoms with E-state index in [0.717, 1.165) is 0 Å². The molecule has 1 aromatic rings. The fraction of sp³-hybridized carbons (Fsp3) is 0.600. The van der Waals surface area contributed by atoms with Crippen molar-refractivity contribution in [3.05, 3.63) is 12.0 Å². The monoisotopic (exact) mass is 264 g/mol. The Kier molecular flexibility index (Phi) is 3.55. The fourth-order valence-corrected chi connectivity index (χ4v) is 1.63. The maximum Gasteiger partial charge on any atom is 0.436 e. The number of carbonyl (C=O) groups excluding carboxylic acids is 1. The third-order valence-corrected chi connectivity index (χ3v) is 2.62. The van der Waals surface area contributed by atoms with Gasteiger partial charge in [0.25, 0.3) is 0 Å². The highest BCUT2D eigenvalue weighted by Gasteiger charge is 2.35. The summed E-state index contributed by atoms with van der Waals surface area (Å²) < 4.78 is 46.4. The number of carbonyl (C=O) groups is 1. The molecular formula is C10H11F3N2O3. The lowest BCUT2D eigenvalue weighted by Crippen LogP contribution is -2.28. The minimum atomic E-state index is -4.58. The lowest BCUT2D eigenvalue weighted by atomic mass is 10.00. The van der Waals surface area contributed by atoms with Gasteiger partial charge in [-0.05, 0) is 12.8 Å². The number of rotatable bonds is 2. The molecule has 0 atom stereocenters. The van der Waals surface area contributed by atoms with Gasteiger partial charge in [-0.1, -0.05) is 0 Å². The van der Waals surface area contributed by atoms with Crippen LogP contribution in [0.3, 0.4) is 0 Å². The SMILES string of the molecule is O=C(Nc1nc(C(F)(F)F)co1)C1CCOCC1. The highest BCUT2D eigenvalue weighted by Crippen LogP contribution is 2.29. The molecule has 1 aromatic heterocycles. The van der Waals surface area contributed by atoms with E-state index in [4.69, 9.17) is 4.74 Å². The van der Waals surface area contributed by atoms with E-state index in [1.807, 2.05) is 0 Å². The van der Waals surface area contributed by atoms with E-state index in [1.165, 1.54) is 0 Å². The number of aromatic nitrogens is 1. The average molecular weight is 264 g/mol. The molecule has 0 spiro atoms. The van der Waals surface area contributed by atoms with Crippen LogP contribution in [0.5, 0.6) is 0 Å². The third-order valence-electron chi connectivity index (χ3n) is 2.62. The molecule has 0 radical (unpaired) electrons. The zero-order valence-electron chi connectivity index (χ0n) is 9.29. The number of hydrogen-bond donors (Lipinski definition) is 1. The summed E-state index contributed by atoms with van der Waals surface area (Å²) in [4.78, 5) is 14.8. The lowest BCUT2D eigenvalue weighted by Gasteiger charge is -2.20. The second kappa shape index (κ2) is 4.97. The quantitative estimate of drug-likeness (QED) is 0.888. The maximum absolute atomic E-state index is 12.2. The number of nitrogens with one attached hydrogen (secondary N) is 1. The number of halogens is 3.